The number of aromatic hydroxyl groups is 1. The third-order valence-corrected chi connectivity index (χ3v) is 4.11. The van der Waals surface area contributed by atoms with E-state index in [0.717, 1.165) is 16.7 Å². The predicted molar refractivity (Wildman–Crippen MR) is 93.0 cm³/mol. The highest BCUT2D eigenvalue weighted by atomic mass is 19.4. The van der Waals surface area contributed by atoms with Gasteiger partial charge in [0.25, 0.3) is 0 Å². The number of pyridine rings is 1. The van der Waals surface area contributed by atoms with Gasteiger partial charge in [-0.1, -0.05) is 0 Å². The molecule has 0 radical (unpaired) electrons. The Labute approximate surface area is 157 Å². The fourth-order valence-corrected chi connectivity index (χ4v) is 2.75. The lowest BCUT2D eigenvalue weighted by atomic mass is 10.2. The summed E-state index contributed by atoms with van der Waals surface area (Å²) in [5.41, 5.74) is 0.604. The summed E-state index contributed by atoms with van der Waals surface area (Å²) in [6.45, 7) is 1.67. The first-order chi connectivity index (χ1) is 13.2. The van der Waals surface area contributed by atoms with Crippen molar-refractivity contribution in [1.82, 2.24) is 14.1 Å². The molecule has 28 heavy (non-hydrogen) atoms. The van der Waals surface area contributed by atoms with Gasteiger partial charge in [0.05, 0.1) is 31.2 Å². The van der Waals surface area contributed by atoms with E-state index in [1.54, 1.807) is 19.2 Å². The third kappa shape index (κ3) is 3.80. The standard InChI is InChI=1S/C18H16F3N3O4/c1-11-16(25)24(13-3-5-14(6-4-13)28-18(19,20)21)17(26)23(11)10-12-7-8-22-9-15(12)27-2/h3-9,25H,10H2,1-2H3. The molecule has 0 saturated heterocycles. The maximum atomic E-state index is 12.8. The van der Waals surface area contributed by atoms with E-state index in [1.165, 1.54) is 30.0 Å². The Bertz CT molecular complexity index is 1040. The van der Waals surface area contributed by atoms with Crippen molar-refractivity contribution in [3.8, 4) is 23.1 Å². The summed E-state index contributed by atoms with van der Waals surface area (Å²) in [6.07, 6.45) is -1.76. The van der Waals surface area contributed by atoms with Crippen molar-refractivity contribution in [2.75, 3.05) is 7.11 Å². The van der Waals surface area contributed by atoms with Gasteiger partial charge in [-0.2, -0.15) is 0 Å². The zero-order chi connectivity index (χ0) is 20.5. The van der Waals surface area contributed by atoms with Gasteiger partial charge in [-0.3, -0.25) is 9.55 Å². The number of aromatic nitrogens is 3. The third-order valence-electron chi connectivity index (χ3n) is 4.11. The molecule has 0 amide bonds. The second-order valence-electron chi connectivity index (χ2n) is 5.84. The first-order valence-corrected chi connectivity index (χ1v) is 8.05. The first kappa shape index (κ1) is 19.3. The number of benzene rings is 1. The summed E-state index contributed by atoms with van der Waals surface area (Å²) >= 11 is 0. The van der Waals surface area contributed by atoms with Crippen LogP contribution in [0.3, 0.4) is 0 Å². The highest BCUT2D eigenvalue weighted by molar-refractivity contribution is 5.42. The molecule has 3 rings (SSSR count). The van der Waals surface area contributed by atoms with Crippen molar-refractivity contribution in [1.29, 1.82) is 0 Å². The molecule has 0 atom stereocenters. The number of nitrogens with zero attached hydrogens (tertiary/aromatic N) is 3. The molecule has 148 valence electrons. The van der Waals surface area contributed by atoms with Crippen molar-refractivity contribution in [3.63, 3.8) is 0 Å². The first-order valence-electron chi connectivity index (χ1n) is 8.05. The molecule has 0 bridgehead atoms. The lowest BCUT2D eigenvalue weighted by Gasteiger charge is -2.09. The molecule has 0 aliphatic carbocycles. The fourth-order valence-electron chi connectivity index (χ4n) is 2.75. The zero-order valence-corrected chi connectivity index (χ0v) is 14.9. The number of rotatable bonds is 5. The van der Waals surface area contributed by atoms with E-state index in [9.17, 15) is 23.1 Å². The zero-order valence-electron chi connectivity index (χ0n) is 14.9. The number of methoxy groups -OCH3 is 1. The number of imidazole rings is 1. The summed E-state index contributed by atoms with van der Waals surface area (Å²) in [4.78, 5) is 16.8. The van der Waals surface area contributed by atoms with Crippen LogP contribution in [0.1, 0.15) is 11.3 Å². The van der Waals surface area contributed by atoms with Gasteiger partial charge in [-0.05, 0) is 37.3 Å². The molecule has 1 N–H and O–H groups in total. The second kappa shape index (κ2) is 7.29. The van der Waals surface area contributed by atoms with Gasteiger partial charge in [0.2, 0.25) is 5.88 Å². The Morgan fingerprint density at radius 2 is 1.86 bits per heavy atom. The average Bonchev–Trinajstić information content (AvgIpc) is 2.85. The van der Waals surface area contributed by atoms with Gasteiger partial charge in [0, 0.05) is 11.8 Å². The molecule has 7 nitrogen and oxygen atoms in total. The smallest absolute Gasteiger partial charge is 0.495 e. The van der Waals surface area contributed by atoms with Crippen LogP contribution in [0.25, 0.3) is 5.69 Å². The molecule has 0 aliphatic heterocycles. The Kier molecular flexibility index (Phi) is 5.04. The number of hydrogen-bond donors (Lipinski definition) is 1. The number of halogens is 3. The van der Waals surface area contributed by atoms with Crippen LogP contribution < -0.4 is 15.2 Å². The molecule has 0 saturated carbocycles. The van der Waals surface area contributed by atoms with Gasteiger partial charge >= 0.3 is 12.1 Å². The lowest BCUT2D eigenvalue weighted by Crippen LogP contribution is -2.24. The minimum atomic E-state index is -4.82. The molecule has 0 unspecified atom stereocenters. The van der Waals surface area contributed by atoms with Crippen LogP contribution in [0.5, 0.6) is 17.4 Å². The molecule has 10 heteroatoms. The summed E-state index contributed by atoms with van der Waals surface area (Å²) in [5, 5.41) is 10.4. The fraction of sp³-hybridized carbons (Fsp3) is 0.222. The van der Waals surface area contributed by atoms with Gasteiger partial charge in [-0.25, -0.2) is 9.36 Å². The van der Waals surface area contributed by atoms with Crippen molar-refractivity contribution >= 4 is 0 Å². The van der Waals surface area contributed by atoms with Crippen LogP contribution in [-0.2, 0) is 6.54 Å². The molecule has 0 spiro atoms. The minimum absolute atomic E-state index is 0.117. The molecular formula is C18H16F3N3O4. The topological polar surface area (TPSA) is 78.5 Å². The lowest BCUT2D eigenvalue weighted by molar-refractivity contribution is -0.274. The molecule has 3 aromatic rings. The summed E-state index contributed by atoms with van der Waals surface area (Å²) < 4.78 is 48.2. The predicted octanol–water partition coefficient (Wildman–Crippen LogP) is 3.00. The minimum Gasteiger partial charge on any atom is -0.495 e. The number of alkyl halides is 3. The van der Waals surface area contributed by atoms with E-state index in [0.29, 0.717) is 17.0 Å². The monoisotopic (exact) mass is 395 g/mol. The second-order valence-corrected chi connectivity index (χ2v) is 5.84. The largest absolute Gasteiger partial charge is 0.573 e. The van der Waals surface area contributed by atoms with Crippen molar-refractivity contribution in [3.05, 3.63) is 64.5 Å². The van der Waals surface area contributed by atoms with Crippen molar-refractivity contribution < 1.29 is 27.8 Å². The number of hydrogen-bond acceptors (Lipinski definition) is 5. The van der Waals surface area contributed by atoms with E-state index < -0.39 is 17.8 Å². The normalized spacial score (nSPS) is 11.5. The van der Waals surface area contributed by atoms with Crippen molar-refractivity contribution in [2.24, 2.45) is 0 Å². The van der Waals surface area contributed by atoms with E-state index >= 15 is 0 Å². The van der Waals surface area contributed by atoms with Crippen LogP contribution in [0.15, 0.2) is 47.5 Å². The van der Waals surface area contributed by atoms with Crippen LogP contribution in [0.4, 0.5) is 13.2 Å². The molecular weight excluding hydrogens is 379 g/mol. The van der Waals surface area contributed by atoms with E-state index in [1.807, 2.05) is 0 Å². The van der Waals surface area contributed by atoms with Gasteiger partial charge in [-0.15, -0.1) is 13.2 Å². The van der Waals surface area contributed by atoms with Crippen LogP contribution in [0.2, 0.25) is 0 Å². The summed E-state index contributed by atoms with van der Waals surface area (Å²) in [7, 11) is 1.48. The number of ether oxygens (including phenoxy) is 2. The summed E-state index contributed by atoms with van der Waals surface area (Å²) in [5.74, 6) is -0.265. The molecule has 1 aromatic carbocycles. The molecule has 2 aromatic heterocycles. The Hall–Kier alpha value is -3.43. The highest BCUT2D eigenvalue weighted by Gasteiger charge is 2.31. The average molecular weight is 395 g/mol. The van der Waals surface area contributed by atoms with Crippen LogP contribution in [-0.4, -0.2) is 32.7 Å². The highest BCUT2D eigenvalue weighted by Crippen LogP contribution is 2.26. The van der Waals surface area contributed by atoms with Gasteiger partial charge in [0.15, 0.2) is 0 Å². The Morgan fingerprint density at radius 3 is 2.46 bits per heavy atom. The Morgan fingerprint density at radius 1 is 1.18 bits per heavy atom. The van der Waals surface area contributed by atoms with Crippen molar-refractivity contribution in [2.45, 2.75) is 19.8 Å². The van der Waals surface area contributed by atoms with Gasteiger partial charge < -0.3 is 14.6 Å². The molecule has 0 fully saturated rings. The van der Waals surface area contributed by atoms with E-state index in [-0.39, 0.29) is 18.1 Å². The van der Waals surface area contributed by atoms with Gasteiger partial charge in [0.1, 0.15) is 11.5 Å². The maximum Gasteiger partial charge on any atom is 0.573 e. The molecule has 0 aliphatic rings. The van der Waals surface area contributed by atoms with E-state index in [2.05, 4.69) is 9.72 Å². The molecule has 2 heterocycles. The van der Waals surface area contributed by atoms with E-state index in [4.69, 9.17) is 4.74 Å². The maximum absolute atomic E-state index is 12.8. The Balaban J connectivity index is 1.98. The summed E-state index contributed by atoms with van der Waals surface area (Å²) in [6, 6.07) is 6.31. The SMILES string of the molecule is COc1cnccc1Cn1c(C)c(O)n(-c2ccc(OC(F)(F)F)cc2)c1=O. The quantitative estimate of drug-likeness (QED) is 0.719. The van der Waals surface area contributed by atoms with Crippen LogP contribution in [0, 0.1) is 6.92 Å². The van der Waals surface area contributed by atoms with Crippen LogP contribution >= 0.6 is 0 Å².